The lowest BCUT2D eigenvalue weighted by atomic mass is 10.1. The normalized spacial score (nSPS) is 11.1. The maximum absolute atomic E-state index is 13.3. The maximum Gasteiger partial charge on any atom is 0.336 e. The molecule has 3 aromatic carbocycles. The Morgan fingerprint density at radius 3 is 2.29 bits per heavy atom. The van der Waals surface area contributed by atoms with Gasteiger partial charge in [0.1, 0.15) is 0 Å². The zero-order valence-electron chi connectivity index (χ0n) is 15.0. The van der Waals surface area contributed by atoms with Gasteiger partial charge in [0.15, 0.2) is 0 Å². The molecule has 0 amide bonds. The van der Waals surface area contributed by atoms with Gasteiger partial charge >= 0.3 is 5.69 Å². The van der Waals surface area contributed by atoms with Gasteiger partial charge in [0, 0.05) is 9.50 Å². The van der Waals surface area contributed by atoms with Crippen LogP contribution in [0.1, 0.15) is 11.1 Å². The van der Waals surface area contributed by atoms with E-state index in [1.807, 2.05) is 37.3 Å². The standard InChI is InChI=1S/C22H16BrClN2O2/c1-14-2-4-15(5-3-14)13-25-20-11-6-16(23)12-19(20)21(27)26(22(25)28)18-9-7-17(24)8-10-18/h2-12H,13H2,1H3. The van der Waals surface area contributed by atoms with Crippen LogP contribution < -0.4 is 11.2 Å². The minimum absolute atomic E-state index is 0.358. The molecule has 6 heteroatoms. The lowest BCUT2D eigenvalue weighted by Crippen LogP contribution is -2.39. The van der Waals surface area contributed by atoms with E-state index in [4.69, 9.17) is 11.6 Å². The predicted molar refractivity (Wildman–Crippen MR) is 117 cm³/mol. The fraction of sp³-hybridized carbons (Fsp3) is 0.0909. The van der Waals surface area contributed by atoms with Gasteiger partial charge in [-0.3, -0.25) is 9.36 Å². The number of aryl methyl sites for hydroxylation is 1. The zero-order chi connectivity index (χ0) is 19.8. The highest BCUT2D eigenvalue weighted by molar-refractivity contribution is 9.10. The average Bonchev–Trinajstić information content (AvgIpc) is 2.68. The van der Waals surface area contributed by atoms with Crippen LogP contribution in [0.2, 0.25) is 5.02 Å². The third-order valence-corrected chi connectivity index (χ3v) is 5.40. The Morgan fingerprint density at radius 1 is 0.929 bits per heavy atom. The van der Waals surface area contributed by atoms with E-state index in [1.165, 1.54) is 4.57 Å². The summed E-state index contributed by atoms with van der Waals surface area (Å²) in [5.41, 5.74) is 2.48. The van der Waals surface area contributed by atoms with Crippen molar-refractivity contribution in [3.63, 3.8) is 0 Å². The molecule has 140 valence electrons. The second-order valence-corrected chi connectivity index (χ2v) is 7.98. The molecule has 0 aliphatic rings. The fourth-order valence-electron chi connectivity index (χ4n) is 3.19. The molecule has 0 unspecified atom stereocenters. The number of hydrogen-bond donors (Lipinski definition) is 0. The Labute approximate surface area is 174 Å². The summed E-state index contributed by atoms with van der Waals surface area (Å²) in [4.78, 5) is 26.5. The van der Waals surface area contributed by atoms with Crippen molar-refractivity contribution in [3.05, 3.63) is 108 Å². The van der Waals surface area contributed by atoms with Crippen molar-refractivity contribution in [2.24, 2.45) is 0 Å². The van der Waals surface area contributed by atoms with Crippen LogP contribution in [0, 0.1) is 6.92 Å². The Bertz CT molecular complexity index is 1290. The van der Waals surface area contributed by atoms with E-state index in [0.29, 0.717) is 28.2 Å². The topological polar surface area (TPSA) is 44.0 Å². The summed E-state index contributed by atoms with van der Waals surface area (Å²) in [5.74, 6) is 0. The largest absolute Gasteiger partial charge is 0.336 e. The molecular formula is C22H16BrClN2O2. The molecule has 4 rings (SSSR count). The smallest absolute Gasteiger partial charge is 0.288 e. The number of rotatable bonds is 3. The van der Waals surface area contributed by atoms with Gasteiger partial charge < -0.3 is 0 Å². The minimum atomic E-state index is -0.386. The highest BCUT2D eigenvalue weighted by atomic mass is 79.9. The number of fused-ring (bicyclic) bond motifs is 1. The van der Waals surface area contributed by atoms with E-state index in [0.717, 1.165) is 15.6 Å². The average molecular weight is 456 g/mol. The van der Waals surface area contributed by atoms with Crippen LogP contribution in [0.15, 0.2) is 80.8 Å². The van der Waals surface area contributed by atoms with Gasteiger partial charge in [-0.25, -0.2) is 9.36 Å². The summed E-state index contributed by atoms with van der Waals surface area (Å²) in [6.07, 6.45) is 0. The van der Waals surface area contributed by atoms with E-state index >= 15 is 0 Å². The number of benzene rings is 3. The maximum atomic E-state index is 13.3. The Morgan fingerprint density at radius 2 is 1.61 bits per heavy atom. The summed E-state index contributed by atoms with van der Waals surface area (Å²) < 4.78 is 3.60. The molecule has 0 atom stereocenters. The van der Waals surface area contributed by atoms with Gasteiger partial charge in [0.25, 0.3) is 5.56 Å². The molecule has 0 saturated carbocycles. The van der Waals surface area contributed by atoms with Gasteiger partial charge in [0.2, 0.25) is 0 Å². The molecule has 0 aliphatic heterocycles. The first-order valence-corrected chi connectivity index (χ1v) is 9.88. The summed E-state index contributed by atoms with van der Waals surface area (Å²) in [6, 6.07) is 20.0. The van der Waals surface area contributed by atoms with Crippen LogP contribution >= 0.6 is 27.5 Å². The highest BCUT2D eigenvalue weighted by Gasteiger charge is 2.15. The van der Waals surface area contributed by atoms with E-state index in [2.05, 4.69) is 15.9 Å². The van der Waals surface area contributed by atoms with E-state index < -0.39 is 0 Å². The second-order valence-electron chi connectivity index (χ2n) is 6.63. The molecule has 0 fully saturated rings. The molecule has 1 heterocycles. The number of hydrogen-bond acceptors (Lipinski definition) is 2. The number of aromatic nitrogens is 2. The van der Waals surface area contributed by atoms with E-state index in [9.17, 15) is 9.59 Å². The zero-order valence-corrected chi connectivity index (χ0v) is 17.4. The first-order valence-electron chi connectivity index (χ1n) is 8.70. The molecule has 0 spiro atoms. The molecule has 0 aliphatic carbocycles. The molecule has 0 radical (unpaired) electrons. The van der Waals surface area contributed by atoms with Crippen molar-refractivity contribution >= 4 is 38.4 Å². The number of halogens is 2. The molecular weight excluding hydrogens is 440 g/mol. The van der Waals surface area contributed by atoms with E-state index in [-0.39, 0.29) is 11.2 Å². The van der Waals surface area contributed by atoms with E-state index in [1.54, 1.807) is 41.0 Å². The third kappa shape index (κ3) is 3.43. The van der Waals surface area contributed by atoms with Gasteiger partial charge in [-0.1, -0.05) is 57.4 Å². The SMILES string of the molecule is Cc1ccc(Cn2c(=O)n(-c3ccc(Cl)cc3)c(=O)c3cc(Br)ccc32)cc1. The van der Waals surface area contributed by atoms with Gasteiger partial charge in [0.05, 0.1) is 23.1 Å². The van der Waals surface area contributed by atoms with Crippen LogP contribution in [0.25, 0.3) is 16.6 Å². The number of nitrogens with zero attached hydrogens (tertiary/aromatic N) is 2. The van der Waals surface area contributed by atoms with Crippen molar-refractivity contribution in [2.45, 2.75) is 13.5 Å². The lowest BCUT2D eigenvalue weighted by Gasteiger charge is -2.15. The van der Waals surface area contributed by atoms with Crippen molar-refractivity contribution in [3.8, 4) is 5.69 Å². The van der Waals surface area contributed by atoms with Crippen molar-refractivity contribution in [1.82, 2.24) is 9.13 Å². The molecule has 28 heavy (non-hydrogen) atoms. The highest BCUT2D eigenvalue weighted by Crippen LogP contribution is 2.18. The summed E-state index contributed by atoms with van der Waals surface area (Å²) in [6.45, 7) is 2.38. The van der Waals surface area contributed by atoms with Gasteiger partial charge in [-0.2, -0.15) is 0 Å². The minimum Gasteiger partial charge on any atom is -0.288 e. The Hall–Kier alpha value is -2.63. The molecule has 0 bridgehead atoms. The molecule has 0 saturated heterocycles. The monoisotopic (exact) mass is 454 g/mol. The van der Waals surface area contributed by atoms with Crippen LogP contribution in [0.4, 0.5) is 0 Å². The first kappa shape index (κ1) is 18.7. The Balaban J connectivity index is 2.02. The molecule has 0 N–H and O–H groups in total. The quantitative estimate of drug-likeness (QED) is 0.440. The lowest BCUT2D eigenvalue weighted by molar-refractivity contribution is 0.714. The van der Waals surface area contributed by atoms with Crippen LogP contribution in [0.5, 0.6) is 0 Å². The fourth-order valence-corrected chi connectivity index (χ4v) is 3.68. The molecule has 4 nitrogen and oxygen atoms in total. The van der Waals surface area contributed by atoms with Crippen LogP contribution in [-0.4, -0.2) is 9.13 Å². The molecule has 4 aromatic rings. The van der Waals surface area contributed by atoms with Crippen molar-refractivity contribution in [2.75, 3.05) is 0 Å². The Kier molecular flexibility index (Phi) is 4.96. The third-order valence-electron chi connectivity index (χ3n) is 4.65. The van der Waals surface area contributed by atoms with Crippen molar-refractivity contribution < 1.29 is 0 Å². The first-order chi connectivity index (χ1) is 13.4. The van der Waals surface area contributed by atoms with Crippen LogP contribution in [0.3, 0.4) is 0 Å². The van der Waals surface area contributed by atoms with Gasteiger partial charge in [-0.15, -0.1) is 0 Å². The van der Waals surface area contributed by atoms with Crippen LogP contribution in [-0.2, 0) is 6.54 Å². The summed E-state index contributed by atoms with van der Waals surface area (Å²) in [5, 5.41) is 1.01. The molecule has 1 aromatic heterocycles. The van der Waals surface area contributed by atoms with Crippen molar-refractivity contribution in [1.29, 1.82) is 0 Å². The van der Waals surface area contributed by atoms with Gasteiger partial charge in [-0.05, 0) is 55.0 Å². The summed E-state index contributed by atoms with van der Waals surface area (Å²) >= 11 is 9.39. The summed E-state index contributed by atoms with van der Waals surface area (Å²) in [7, 11) is 0. The second kappa shape index (κ2) is 7.41. The predicted octanol–water partition coefficient (Wildman–Crippen LogP) is 4.93.